The summed E-state index contributed by atoms with van der Waals surface area (Å²) in [6.07, 6.45) is 4.87. The Hall–Kier alpha value is -0.610. The lowest BCUT2D eigenvalue weighted by molar-refractivity contribution is -0.916. The van der Waals surface area contributed by atoms with E-state index in [1.807, 2.05) is 0 Å². The number of nitrogens with zero attached hydrogens (tertiary/aromatic N) is 1. The van der Waals surface area contributed by atoms with E-state index < -0.39 is 5.97 Å². The molecule has 0 aromatic rings. The van der Waals surface area contributed by atoms with Crippen LogP contribution in [0.3, 0.4) is 0 Å². The second-order valence-corrected chi connectivity index (χ2v) is 4.86. The quantitative estimate of drug-likeness (QED) is 0.703. The molecule has 1 N–H and O–H groups in total. The van der Waals surface area contributed by atoms with E-state index in [9.17, 15) is 5.11 Å². The van der Waals surface area contributed by atoms with Gasteiger partial charge in [0, 0.05) is 5.97 Å². The molecule has 16 heavy (non-hydrogen) atoms. The molecule has 1 atom stereocenters. The van der Waals surface area contributed by atoms with Crippen LogP contribution in [0, 0.1) is 0 Å². The summed E-state index contributed by atoms with van der Waals surface area (Å²) in [6.45, 7) is 6.51. The molecule has 0 bridgehead atoms. The molecule has 0 saturated carbocycles. The van der Waals surface area contributed by atoms with E-state index in [1.165, 1.54) is 32.4 Å². The van der Waals surface area contributed by atoms with Crippen molar-refractivity contribution in [1.82, 2.24) is 0 Å². The van der Waals surface area contributed by atoms with Gasteiger partial charge < -0.3 is 19.5 Å². The normalized spacial score (nSPS) is 20.5. The van der Waals surface area contributed by atoms with Gasteiger partial charge in [-0.15, -0.1) is 0 Å². The highest BCUT2D eigenvalue weighted by Crippen LogP contribution is 2.17. The average molecular weight is 231 g/mol. The number of carboxylic acid groups (broad SMARTS) is 1. The first-order valence-electron chi connectivity index (χ1n) is 6.09. The molecule has 1 heterocycles. The molecule has 0 aliphatic carbocycles. The van der Waals surface area contributed by atoms with Gasteiger partial charge in [0.15, 0.2) is 0 Å². The summed E-state index contributed by atoms with van der Waals surface area (Å²) in [4.78, 5) is 8.89. The van der Waals surface area contributed by atoms with Crippen molar-refractivity contribution >= 4 is 5.97 Å². The third-order valence-electron chi connectivity index (χ3n) is 3.02. The summed E-state index contributed by atoms with van der Waals surface area (Å²) in [6, 6.07) is 0. The fraction of sp³-hybridized carbons (Fsp3) is 0.917. The van der Waals surface area contributed by atoms with Gasteiger partial charge in [0.2, 0.25) is 0 Å². The van der Waals surface area contributed by atoms with Gasteiger partial charge in [-0.05, 0) is 32.6 Å². The SMILES string of the molecule is CC(=O)[O-].CCC(O)C[N+]1(C)CCCCC1. The molecule has 1 fully saturated rings. The van der Waals surface area contributed by atoms with Crippen LogP contribution in [0.25, 0.3) is 0 Å². The average Bonchev–Trinajstić information content (AvgIpc) is 2.17. The zero-order chi connectivity index (χ0) is 12.6. The molecule has 0 radical (unpaired) electrons. The van der Waals surface area contributed by atoms with E-state index in [0.717, 1.165) is 24.4 Å². The molecular formula is C12H25NO3. The Morgan fingerprint density at radius 1 is 1.38 bits per heavy atom. The maximum atomic E-state index is 9.56. The fourth-order valence-electron chi connectivity index (χ4n) is 2.10. The van der Waals surface area contributed by atoms with Crippen LogP contribution in [-0.4, -0.2) is 48.3 Å². The van der Waals surface area contributed by atoms with Crippen LogP contribution < -0.4 is 5.11 Å². The van der Waals surface area contributed by atoms with Crippen LogP contribution in [-0.2, 0) is 4.79 Å². The van der Waals surface area contributed by atoms with Crippen LogP contribution >= 0.6 is 0 Å². The molecule has 1 aliphatic heterocycles. The molecule has 0 amide bonds. The number of hydrogen-bond acceptors (Lipinski definition) is 3. The lowest BCUT2D eigenvalue weighted by Gasteiger charge is -2.39. The maximum absolute atomic E-state index is 9.56. The van der Waals surface area contributed by atoms with Crippen LogP contribution in [0.4, 0.5) is 0 Å². The summed E-state index contributed by atoms with van der Waals surface area (Å²) in [5.74, 6) is -1.08. The lowest BCUT2D eigenvalue weighted by atomic mass is 10.1. The predicted octanol–water partition coefficient (Wildman–Crippen LogP) is 0.144. The minimum atomic E-state index is -1.08. The van der Waals surface area contributed by atoms with Crippen molar-refractivity contribution < 1.29 is 19.5 Å². The maximum Gasteiger partial charge on any atom is 0.105 e. The summed E-state index contributed by atoms with van der Waals surface area (Å²) in [5, 5.41) is 18.4. The third-order valence-corrected chi connectivity index (χ3v) is 3.02. The number of aliphatic hydroxyl groups excluding tert-OH is 1. The number of aliphatic carboxylic acids is 1. The van der Waals surface area contributed by atoms with Crippen LogP contribution in [0.1, 0.15) is 39.5 Å². The van der Waals surface area contributed by atoms with Crippen molar-refractivity contribution in [3.63, 3.8) is 0 Å². The Balaban J connectivity index is 0.000000487. The smallest absolute Gasteiger partial charge is 0.105 e. The van der Waals surface area contributed by atoms with E-state index in [-0.39, 0.29) is 6.10 Å². The van der Waals surface area contributed by atoms with E-state index in [1.54, 1.807) is 0 Å². The summed E-state index contributed by atoms with van der Waals surface area (Å²) < 4.78 is 1.09. The minimum Gasteiger partial charge on any atom is -0.550 e. The number of likely N-dealkylation sites (N-methyl/N-ethyl adjacent to an activating group) is 1. The first-order chi connectivity index (χ1) is 7.39. The summed E-state index contributed by atoms with van der Waals surface area (Å²) in [7, 11) is 2.28. The van der Waals surface area contributed by atoms with Gasteiger partial charge in [-0.1, -0.05) is 6.92 Å². The number of carbonyl (C=O) groups is 1. The second-order valence-electron chi connectivity index (χ2n) is 4.86. The molecule has 0 aromatic heterocycles. The van der Waals surface area contributed by atoms with Gasteiger partial charge in [0.25, 0.3) is 0 Å². The Kier molecular flexibility index (Phi) is 7.34. The van der Waals surface area contributed by atoms with E-state index >= 15 is 0 Å². The number of hydrogen-bond donors (Lipinski definition) is 1. The number of quaternary nitrogens is 1. The molecule has 4 nitrogen and oxygen atoms in total. The number of aliphatic hydroxyl groups is 1. The van der Waals surface area contributed by atoms with Crippen LogP contribution in [0.2, 0.25) is 0 Å². The molecule has 96 valence electrons. The van der Waals surface area contributed by atoms with Crippen molar-refractivity contribution in [2.24, 2.45) is 0 Å². The molecule has 1 aliphatic rings. The zero-order valence-electron chi connectivity index (χ0n) is 10.7. The largest absolute Gasteiger partial charge is 0.550 e. The Morgan fingerprint density at radius 3 is 2.19 bits per heavy atom. The molecule has 1 rings (SSSR count). The number of carbonyl (C=O) groups excluding carboxylic acids is 1. The summed E-state index contributed by atoms with van der Waals surface area (Å²) in [5.41, 5.74) is 0. The van der Waals surface area contributed by atoms with Crippen molar-refractivity contribution in [2.45, 2.75) is 45.6 Å². The third kappa shape index (κ3) is 7.65. The number of likely N-dealkylation sites (tertiary alicyclic amines) is 1. The summed E-state index contributed by atoms with van der Waals surface area (Å²) >= 11 is 0. The van der Waals surface area contributed by atoms with E-state index in [4.69, 9.17) is 9.90 Å². The molecule has 0 spiro atoms. The zero-order valence-corrected chi connectivity index (χ0v) is 10.7. The van der Waals surface area contributed by atoms with Gasteiger partial charge in [0.1, 0.15) is 12.6 Å². The van der Waals surface area contributed by atoms with Crippen LogP contribution in [0.15, 0.2) is 0 Å². The van der Waals surface area contributed by atoms with Crippen LogP contribution in [0.5, 0.6) is 0 Å². The minimum absolute atomic E-state index is 0.0897. The van der Waals surface area contributed by atoms with Gasteiger partial charge >= 0.3 is 0 Å². The Bertz CT molecular complexity index is 196. The Morgan fingerprint density at radius 2 is 1.81 bits per heavy atom. The molecule has 0 aromatic carbocycles. The highest BCUT2D eigenvalue weighted by atomic mass is 16.4. The highest BCUT2D eigenvalue weighted by molar-refractivity contribution is 5.60. The highest BCUT2D eigenvalue weighted by Gasteiger charge is 2.26. The van der Waals surface area contributed by atoms with Gasteiger partial charge in [-0.25, -0.2) is 0 Å². The predicted molar refractivity (Wildman–Crippen MR) is 61.6 cm³/mol. The monoisotopic (exact) mass is 231 g/mol. The second kappa shape index (κ2) is 7.63. The number of piperidine rings is 1. The van der Waals surface area contributed by atoms with E-state index in [2.05, 4.69) is 14.0 Å². The molecule has 4 heteroatoms. The standard InChI is InChI=1S/C10H22NO.C2H4O2/c1-3-10(12)9-11(2)7-5-4-6-8-11;1-2(3)4/h10,12H,3-9H2,1-2H3;1H3,(H,3,4)/q+1;/p-1. The van der Waals surface area contributed by atoms with Crippen molar-refractivity contribution in [1.29, 1.82) is 0 Å². The molecular weight excluding hydrogens is 206 g/mol. The Labute approximate surface area is 98.5 Å². The molecule has 1 unspecified atom stereocenters. The van der Waals surface area contributed by atoms with Crippen molar-refractivity contribution in [3.05, 3.63) is 0 Å². The van der Waals surface area contributed by atoms with Crippen molar-refractivity contribution in [3.8, 4) is 0 Å². The van der Waals surface area contributed by atoms with Gasteiger partial charge in [0.05, 0.1) is 20.1 Å². The first-order valence-corrected chi connectivity index (χ1v) is 6.09. The van der Waals surface area contributed by atoms with Gasteiger partial charge in [-0.3, -0.25) is 0 Å². The molecule has 1 saturated heterocycles. The van der Waals surface area contributed by atoms with E-state index in [0.29, 0.717) is 0 Å². The number of rotatable bonds is 3. The van der Waals surface area contributed by atoms with Gasteiger partial charge in [-0.2, -0.15) is 0 Å². The lowest BCUT2D eigenvalue weighted by Crippen LogP contribution is -2.51. The fourth-order valence-corrected chi connectivity index (χ4v) is 2.10. The van der Waals surface area contributed by atoms with Crippen molar-refractivity contribution in [2.75, 3.05) is 26.7 Å². The first kappa shape index (κ1) is 15.4. The number of carboxylic acids is 1. The topological polar surface area (TPSA) is 60.4 Å².